The van der Waals surface area contributed by atoms with Crippen LogP contribution < -0.4 is 0 Å². The number of aliphatic hydroxyl groups excluding tert-OH is 1. The van der Waals surface area contributed by atoms with Crippen LogP contribution in [0.2, 0.25) is 0 Å². The lowest BCUT2D eigenvalue weighted by atomic mass is 10.00. The lowest BCUT2D eigenvalue weighted by molar-refractivity contribution is -0.135. The van der Waals surface area contributed by atoms with E-state index in [4.69, 9.17) is 0 Å². The van der Waals surface area contributed by atoms with Crippen LogP contribution in [0.4, 0.5) is 0 Å². The molecule has 0 saturated carbocycles. The van der Waals surface area contributed by atoms with Crippen molar-refractivity contribution in [3.63, 3.8) is 0 Å². The van der Waals surface area contributed by atoms with Gasteiger partial charge >= 0.3 is 0 Å². The fourth-order valence-corrected chi connectivity index (χ4v) is 2.94. The molecule has 0 unspecified atom stereocenters. The molecule has 16 heavy (non-hydrogen) atoms. The third kappa shape index (κ3) is 2.13. The van der Waals surface area contributed by atoms with Gasteiger partial charge in [0.25, 0.3) is 0 Å². The third-order valence-electron chi connectivity index (χ3n) is 3.33. The molecular weight excluding hydrogens is 222 g/mol. The van der Waals surface area contributed by atoms with Crippen LogP contribution in [0.3, 0.4) is 0 Å². The molecule has 4 heteroatoms. The van der Waals surface area contributed by atoms with E-state index in [0.717, 1.165) is 24.9 Å². The smallest absolute Gasteiger partial charge is 0.227 e. The second kappa shape index (κ2) is 4.55. The summed E-state index contributed by atoms with van der Waals surface area (Å²) in [5.74, 6) is 0.132. The number of thiophene rings is 1. The molecule has 0 aromatic carbocycles. The van der Waals surface area contributed by atoms with Crippen molar-refractivity contribution in [2.45, 2.75) is 31.7 Å². The summed E-state index contributed by atoms with van der Waals surface area (Å²) in [7, 11) is 0. The van der Waals surface area contributed by atoms with Crippen molar-refractivity contribution in [3.8, 4) is 0 Å². The first-order valence-corrected chi connectivity index (χ1v) is 6.52. The van der Waals surface area contributed by atoms with Crippen LogP contribution in [-0.2, 0) is 11.2 Å². The fraction of sp³-hybridized carbons (Fsp3) is 0.583. The highest BCUT2D eigenvalue weighted by atomic mass is 32.1. The summed E-state index contributed by atoms with van der Waals surface area (Å²) in [5.41, 5.74) is 0.731. The molecule has 0 aliphatic carbocycles. The number of amides is 1. The van der Waals surface area contributed by atoms with Crippen LogP contribution in [0.5, 0.6) is 0 Å². The van der Waals surface area contributed by atoms with Crippen molar-refractivity contribution in [2.24, 2.45) is 0 Å². The molecule has 1 N–H and O–H groups in total. The predicted molar refractivity (Wildman–Crippen MR) is 64.5 cm³/mol. The minimum Gasteiger partial charge on any atom is -0.394 e. The van der Waals surface area contributed by atoms with E-state index in [0.29, 0.717) is 6.42 Å². The molecule has 0 bridgehead atoms. The number of rotatable bonds is 3. The zero-order chi connectivity index (χ0) is 11.6. The van der Waals surface area contributed by atoms with E-state index < -0.39 is 0 Å². The second-order valence-electron chi connectivity index (χ2n) is 4.61. The summed E-state index contributed by atoms with van der Waals surface area (Å²) < 4.78 is 0. The second-order valence-corrected chi connectivity index (χ2v) is 5.39. The molecule has 3 nitrogen and oxygen atoms in total. The van der Waals surface area contributed by atoms with Crippen molar-refractivity contribution in [2.75, 3.05) is 13.2 Å². The van der Waals surface area contributed by atoms with E-state index in [-0.39, 0.29) is 18.1 Å². The minimum absolute atomic E-state index is 0.0579. The monoisotopic (exact) mass is 239 g/mol. The maximum atomic E-state index is 12.1. The molecular formula is C12H17NO2S. The van der Waals surface area contributed by atoms with Crippen molar-refractivity contribution in [1.29, 1.82) is 0 Å². The highest BCUT2D eigenvalue weighted by Crippen LogP contribution is 2.29. The Kier molecular flexibility index (Phi) is 3.30. The predicted octanol–water partition coefficient (Wildman–Crippen LogP) is 1.66. The number of carbonyl (C=O) groups excluding carboxylic acids is 1. The molecule has 88 valence electrons. The van der Waals surface area contributed by atoms with Crippen LogP contribution in [0.1, 0.15) is 25.3 Å². The highest BCUT2D eigenvalue weighted by Gasteiger charge is 2.38. The minimum atomic E-state index is -0.340. The van der Waals surface area contributed by atoms with E-state index in [9.17, 15) is 9.90 Å². The molecule has 0 radical (unpaired) electrons. The molecule has 1 aromatic heterocycles. The number of carbonyl (C=O) groups is 1. The van der Waals surface area contributed by atoms with Crippen LogP contribution in [0.25, 0.3) is 0 Å². The van der Waals surface area contributed by atoms with Crippen LogP contribution in [-0.4, -0.2) is 34.6 Å². The Morgan fingerprint density at radius 2 is 2.50 bits per heavy atom. The molecule has 2 heterocycles. The standard InChI is InChI=1S/C12H17NO2S/c1-12(9-14)4-2-5-13(12)11(15)7-10-3-6-16-8-10/h3,6,8,14H,2,4-5,7,9H2,1H3/t12-/m1/s1. The van der Waals surface area contributed by atoms with E-state index in [1.54, 1.807) is 11.3 Å². The summed E-state index contributed by atoms with van der Waals surface area (Å²) in [6.45, 7) is 2.80. The lowest BCUT2D eigenvalue weighted by Gasteiger charge is -2.33. The Morgan fingerprint density at radius 3 is 3.12 bits per heavy atom. The van der Waals surface area contributed by atoms with Crippen molar-refractivity contribution >= 4 is 17.2 Å². The molecule has 1 aliphatic heterocycles. The first-order chi connectivity index (χ1) is 7.65. The van der Waals surface area contributed by atoms with Crippen LogP contribution >= 0.6 is 11.3 Å². The largest absolute Gasteiger partial charge is 0.394 e. The summed E-state index contributed by atoms with van der Waals surface area (Å²) in [4.78, 5) is 13.9. The van der Waals surface area contributed by atoms with Gasteiger partial charge in [-0.15, -0.1) is 0 Å². The average molecular weight is 239 g/mol. The molecule has 1 aliphatic rings. The number of nitrogens with zero attached hydrogens (tertiary/aromatic N) is 1. The van der Waals surface area contributed by atoms with E-state index in [1.165, 1.54) is 0 Å². The van der Waals surface area contributed by atoms with Gasteiger partial charge in [-0.2, -0.15) is 11.3 Å². The van der Waals surface area contributed by atoms with E-state index in [1.807, 2.05) is 28.7 Å². The van der Waals surface area contributed by atoms with Gasteiger partial charge in [0.2, 0.25) is 5.91 Å². The van der Waals surface area contributed by atoms with Gasteiger partial charge in [-0.05, 0) is 42.2 Å². The van der Waals surface area contributed by atoms with Gasteiger partial charge in [-0.25, -0.2) is 0 Å². The van der Waals surface area contributed by atoms with Gasteiger partial charge in [-0.1, -0.05) is 0 Å². The maximum absolute atomic E-state index is 12.1. The normalized spacial score (nSPS) is 25.0. The quantitative estimate of drug-likeness (QED) is 0.871. The van der Waals surface area contributed by atoms with Gasteiger partial charge in [0, 0.05) is 6.54 Å². The molecule has 1 aromatic rings. The molecule has 2 rings (SSSR count). The van der Waals surface area contributed by atoms with Gasteiger partial charge in [-0.3, -0.25) is 4.79 Å². The molecule has 0 spiro atoms. The van der Waals surface area contributed by atoms with Gasteiger partial charge in [0.1, 0.15) is 0 Å². The summed E-state index contributed by atoms with van der Waals surface area (Å²) in [6.07, 6.45) is 2.35. The van der Waals surface area contributed by atoms with Crippen molar-refractivity contribution < 1.29 is 9.90 Å². The molecule has 1 atom stereocenters. The SMILES string of the molecule is C[C@]1(CO)CCCN1C(=O)Cc1ccsc1. The lowest BCUT2D eigenvalue weighted by Crippen LogP contribution is -2.48. The third-order valence-corrected chi connectivity index (χ3v) is 4.06. The van der Waals surface area contributed by atoms with Gasteiger partial charge < -0.3 is 10.0 Å². The highest BCUT2D eigenvalue weighted by molar-refractivity contribution is 7.07. The van der Waals surface area contributed by atoms with Gasteiger partial charge in [0.15, 0.2) is 0 Å². The van der Waals surface area contributed by atoms with Crippen molar-refractivity contribution in [1.82, 2.24) is 4.90 Å². The first kappa shape index (κ1) is 11.6. The van der Waals surface area contributed by atoms with Crippen LogP contribution in [0.15, 0.2) is 16.8 Å². The zero-order valence-corrected chi connectivity index (χ0v) is 10.3. The molecule has 1 saturated heterocycles. The first-order valence-electron chi connectivity index (χ1n) is 5.58. The summed E-state index contributed by atoms with van der Waals surface area (Å²) in [6, 6.07) is 1.98. The topological polar surface area (TPSA) is 40.5 Å². The number of hydrogen-bond donors (Lipinski definition) is 1. The van der Waals surface area contributed by atoms with Crippen molar-refractivity contribution in [3.05, 3.63) is 22.4 Å². The van der Waals surface area contributed by atoms with Gasteiger partial charge in [0.05, 0.1) is 18.6 Å². The Bertz CT molecular complexity index is 363. The Balaban J connectivity index is 2.04. The number of hydrogen-bond acceptors (Lipinski definition) is 3. The van der Waals surface area contributed by atoms with E-state index >= 15 is 0 Å². The number of aliphatic hydroxyl groups is 1. The Labute approximate surface area is 99.7 Å². The molecule has 1 amide bonds. The Hall–Kier alpha value is -0.870. The number of likely N-dealkylation sites (tertiary alicyclic amines) is 1. The zero-order valence-electron chi connectivity index (χ0n) is 9.48. The summed E-state index contributed by atoms with van der Waals surface area (Å²) >= 11 is 1.61. The fourth-order valence-electron chi connectivity index (χ4n) is 2.28. The van der Waals surface area contributed by atoms with Crippen LogP contribution in [0, 0.1) is 0 Å². The maximum Gasteiger partial charge on any atom is 0.227 e. The molecule has 1 fully saturated rings. The average Bonchev–Trinajstić information content (AvgIpc) is 2.88. The Morgan fingerprint density at radius 1 is 1.69 bits per heavy atom. The van der Waals surface area contributed by atoms with E-state index in [2.05, 4.69) is 0 Å². The summed E-state index contributed by atoms with van der Waals surface area (Å²) in [5, 5.41) is 13.4.